The van der Waals surface area contributed by atoms with Gasteiger partial charge in [0, 0.05) is 6.61 Å². The summed E-state index contributed by atoms with van der Waals surface area (Å²) in [6, 6.07) is 0. The maximum absolute atomic E-state index is 10.0. The number of unbranched alkanes of at least 4 members (excludes halogenated alkanes) is 30. The summed E-state index contributed by atoms with van der Waals surface area (Å²) < 4.78 is 4.37. The molecule has 0 aliphatic rings. The number of hydrogen-bond donors (Lipinski definition) is 1. The summed E-state index contributed by atoms with van der Waals surface area (Å²) in [7, 11) is 0. The topological polar surface area (TPSA) is 77.0 Å². The van der Waals surface area contributed by atoms with Crippen LogP contribution in [0, 0.1) is 0 Å². The van der Waals surface area contributed by atoms with Gasteiger partial charge in [0.1, 0.15) is 0 Å². The molecule has 4 heteroatoms. The monoisotopic (exact) mass is 584 g/mol. The number of carbonyl (C=O) groups excluding carboxylic acids is 1. The lowest BCUT2D eigenvalue weighted by Crippen LogP contribution is -2.50. The predicted molar refractivity (Wildman–Crippen MR) is 178 cm³/mol. The lowest BCUT2D eigenvalue weighted by Gasteiger charge is -2.07. The molecular formula is C37H77NO3. The van der Waals surface area contributed by atoms with Crippen molar-refractivity contribution in [1.82, 2.24) is 0 Å². The molecule has 248 valence electrons. The Balaban J connectivity index is 0. The molecule has 0 bridgehead atoms. The molecule has 0 aromatic carbocycles. The number of carbonyl (C=O) groups is 1. The summed E-state index contributed by atoms with van der Waals surface area (Å²) in [5.74, 6) is 0. The zero-order valence-corrected chi connectivity index (χ0v) is 28.5. The molecule has 4 nitrogen and oxygen atoms in total. The van der Waals surface area contributed by atoms with Crippen molar-refractivity contribution in [2.24, 2.45) is 0 Å². The molecule has 0 aromatic rings. The van der Waals surface area contributed by atoms with E-state index in [2.05, 4.69) is 24.3 Å². The van der Waals surface area contributed by atoms with Gasteiger partial charge in [-0.25, -0.2) is 0 Å². The highest BCUT2D eigenvalue weighted by atomic mass is 16.7. The van der Waals surface area contributed by atoms with Crippen LogP contribution >= 0.6 is 0 Å². The zero-order valence-electron chi connectivity index (χ0n) is 28.5. The van der Waals surface area contributed by atoms with Gasteiger partial charge in [0.05, 0.1) is 6.54 Å². The zero-order chi connectivity index (χ0) is 30.3. The molecule has 0 unspecified atom stereocenters. The van der Waals surface area contributed by atoms with Crippen LogP contribution in [-0.2, 0) is 4.74 Å². The number of ether oxygens (including phenoxy) is 1. The summed E-state index contributed by atoms with van der Waals surface area (Å²) in [6.45, 7) is 5.98. The molecule has 41 heavy (non-hydrogen) atoms. The number of hydrogen-bond acceptors (Lipinski definition) is 3. The van der Waals surface area contributed by atoms with Crippen LogP contribution in [0.2, 0.25) is 0 Å². The average Bonchev–Trinajstić information content (AvgIpc) is 2.97. The van der Waals surface area contributed by atoms with Crippen LogP contribution in [0.4, 0.5) is 4.79 Å². The van der Waals surface area contributed by atoms with Crippen LogP contribution < -0.4 is 10.8 Å². The Morgan fingerprint density at radius 2 is 0.634 bits per heavy atom. The van der Waals surface area contributed by atoms with Crippen LogP contribution in [-0.4, -0.2) is 19.3 Å². The number of rotatable bonds is 33. The van der Waals surface area contributed by atoms with E-state index in [9.17, 15) is 9.90 Å². The highest BCUT2D eigenvalue weighted by Crippen LogP contribution is 2.15. The second-order valence-electron chi connectivity index (χ2n) is 12.6. The lowest BCUT2D eigenvalue weighted by atomic mass is 10.0. The Labute approximate surface area is 258 Å². The molecule has 0 saturated carbocycles. The fourth-order valence-electron chi connectivity index (χ4n) is 5.53. The first kappa shape index (κ1) is 42.4. The maximum atomic E-state index is 10.0. The van der Waals surface area contributed by atoms with E-state index in [1.807, 2.05) is 0 Å². The van der Waals surface area contributed by atoms with E-state index >= 15 is 0 Å². The van der Waals surface area contributed by atoms with Crippen molar-refractivity contribution in [2.45, 2.75) is 219 Å². The summed E-state index contributed by atoms with van der Waals surface area (Å²) in [4.78, 5) is 10.0. The van der Waals surface area contributed by atoms with Gasteiger partial charge in [-0.05, 0) is 19.3 Å². The molecule has 0 rings (SSSR count). The van der Waals surface area contributed by atoms with Gasteiger partial charge in [-0.3, -0.25) is 0 Å². The predicted octanol–water partition coefficient (Wildman–Crippen LogP) is 11.1. The maximum Gasteiger partial charge on any atom is 0.251 e. The largest absolute Gasteiger partial charge is 0.550 e. The molecule has 0 radical (unpaired) electrons. The van der Waals surface area contributed by atoms with E-state index < -0.39 is 6.16 Å². The molecule has 0 spiro atoms. The van der Waals surface area contributed by atoms with Gasteiger partial charge in [-0.1, -0.05) is 200 Å². The van der Waals surface area contributed by atoms with Crippen LogP contribution in [0.3, 0.4) is 0 Å². The molecule has 0 atom stereocenters. The molecule has 0 aliphatic heterocycles. The van der Waals surface area contributed by atoms with E-state index in [0.29, 0.717) is 6.61 Å². The molecular weight excluding hydrogens is 506 g/mol. The summed E-state index contributed by atoms with van der Waals surface area (Å²) in [5, 5.41) is 10.0. The van der Waals surface area contributed by atoms with Gasteiger partial charge in [0.2, 0.25) is 0 Å². The fraction of sp³-hybridized carbons (Fsp3) is 0.973. The third-order valence-corrected chi connectivity index (χ3v) is 8.32. The molecule has 0 amide bonds. The lowest BCUT2D eigenvalue weighted by molar-refractivity contribution is -0.368. The van der Waals surface area contributed by atoms with Crippen molar-refractivity contribution in [3.8, 4) is 0 Å². The average molecular weight is 584 g/mol. The van der Waals surface area contributed by atoms with Gasteiger partial charge in [-0.15, -0.1) is 0 Å². The Morgan fingerprint density at radius 1 is 0.415 bits per heavy atom. The molecule has 0 heterocycles. The van der Waals surface area contributed by atoms with Crippen LogP contribution in [0.15, 0.2) is 0 Å². The van der Waals surface area contributed by atoms with Gasteiger partial charge in [0.25, 0.3) is 6.16 Å². The van der Waals surface area contributed by atoms with Gasteiger partial charge in [-0.2, -0.15) is 0 Å². The highest BCUT2D eigenvalue weighted by molar-refractivity contribution is 5.53. The fourth-order valence-corrected chi connectivity index (χ4v) is 5.53. The minimum absolute atomic E-state index is 0.292. The van der Waals surface area contributed by atoms with Crippen molar-refractivity contribution in [3.63, 3.8) is 0 Å². The first-order valence-corrected chi connectivity index (χ1v) is 18.8. The van der Waals surface area contributed by atoms with Crippen LogP contribution in [0.5, 0.6) is 0 Å². The van der Waals surface area contributed by atoms with Gasteiger partial charge >= 0.3 is 0 Å². The number of carboxylic acid groups (broad SMARTS) is 1. The highest BCUT2D eigenvalue weighted by Gasteiger charge is 1.96. The third kappa shape index (κ3) is 46.4. The Bertz CT molecular complexity index is 441. The number of quaternary nitrogens is 1. The minimum atomic E-state index is -1.40. The molecule has 3 N–H and O–H groups in total. The van der Waals surface area contributed by atoms with Crippen molar-refractivity contribution in [2.75, 3.05) is 13.2 Å². The summed E-state index contributed by atoms with van der Waals surface area (Å²) in [6.07, 6.45) is 42.9. The van der Waals surface area contributed by atoms with E-state index in [-0.39, 0.29) is 0 Å². The van der Waals surface area contributed by atoms with E-state index in [1.165, 1.54) is 193 Å². The van der Waals surface area contributed by atoms with Crippen LogP contribution in [0.25, 0.3) is 0 Å². The van der Waals surface area contributed by atoms with Gasteiger partial charge in [0.15, 0.2) is 0 Å². The molecule has 0 saturated heterocycles. The first-order chi connectivity index (χ1) is 20.2. The summed E-state index contributed by atoms with van der Waals surface area (Å²) >= 11 is 0. The van der Waals surface area contributed by atoms with E-state index in [0.717, 1.165) is 19.4 Å². The molecule has 0 aromatic heterocycles. The second kappa shape index (κ2) is 41.4. The Hall–Kier alpha value is -0.770. The van der Waals surface area contributed by atoms with Gasteiger partial charge < -0.3 is 20.4 Å². The van der Waals surface area contributed by atoms with Crippen molar-refractivity contribution < 1.29 is 20.4 Å². The Morgan fingerprint density at radius 3 is 0.854 bits per heavy atom. The van der Waals surface area contributed by atoms with Crippen LogP contribution in [0.1, 0.15) is 219 Å². The quantitative estimate of drug-likeness (QED) is 0.0616. The minimum Gasteiger partial charge on any atom is -0.550 e. The normalized spacial score (nSPS) is 10.9. The first-order valence-electron chi connectivity index (χ1n) is 18.8. The molecule has 0 aliphatic carbocycles. The van der Waals surface area contributed by atoms with Crippen molar-refractivity contribution in [3.05, 3.63) is 0 Å². The van der Waals surface area contributed by atoms with Crippen molar-refractivity contribution >= 4 is 6.16 Å². The van der Waals surface area contributed by atoms with E-state index in [4.69, 9.17) is 0 Å². The molecule has 0 fully saturated rings. The second-order valence-corrected chi connectivity index (χ2v) is 12.6. The van der Waals surface area contributed by atoms with E-state index in [1.54, 1.807) is 0 Å². The third-order valence-electron chi connectivity index (χ3n) is 8.32. The standard InChI is InChI=1S/C19H38O3.C18H39N/c1-2-3-4-5-6-7-8-9-10-11-12-13-14-15-16-17-18-22-19(20)21;1-2-3-4-5-6-7-8-9-10-11-12-13-14-15-16-17-18-19/h2-18H2,1H3,(H,20,21);2-19H2,1H3. The SMILES string of the molecule is CCCCCCCCCCCCCCCCCCOC(=O)[O-].CCCCCCCCCCCCCCCCCC[NH3+]. The van der Waals surface area contributed by atoms with Crippen molar-refractivity contribution in [1.29, 1.82) is 0 Å². The smallest absolute Gasteiger partial charge is 0.251 e. The Kier molecular flexibility index (Phi) is 42.7. The summed E-state index contributed by atoms with van der Waals surface area (Å²) in [5.41, 5.74) is 3.89.